The fourth-order valence-electron chi connectivity index (χ4n) is 3.28. The van der Waals surface area contributed by atoms with E-state index in [9.17, 15) is 4.79 Å². The summed E-state index contributed by atoms with van der Waals surface area (Å²) in [5.74, 6) is -0.0529. The normalized spacial score (nSPS) is 17.1. The third-order valence-electron chi connectivity index (χ3n) is 4.92. The number of Topliss-reactive ketones (excluding diaryl/α,β-unsaturated/α-hetero) is 1. The predicted molar refractivity (Wildman–Crippen MR) is 108 cm³/mol. The van der Waals surface area contributed by atoms with Crippen LogP contribution in [0.3, 0.4) is 0 Å². The van der Waals surface area contributed by atoms with Crippen LogP contribution in [-0.2, 0) is 15.1 Å². The molecule has 2 aromatic rings. The highest BCUT2D eigenvalue weighted by atomic mass is 32.2. The highest BCUT2D eigenvalue weighted by molar-refractivity contribution is 8.01. The number of ether oxygens (including phenoxy) is 2. The second kappa shape index (κ2) is 8.56. The second-order valence-electron chi connectivity index (χ2n) is 6.52. The molecule has 1 fully saturated rings. The van der Waals surface area contributed by atoms with Crippen LogP contribution in [0.25, 0.3) is 0 Å². The van der Waals surface area contributed by atoms with E-state index in [0.29, 0.717) is 30.1 Å². The molecule has 0 bridgehead atoms. The number of oxime groups is 1. The van der Waals surface area contributed by atoms with E-state index in [2.05, 4.69) is 16.6 Å². The first-order chi connectivity index (χ1) is 13.0. The average molecular weight is 406 g/mol. The van der Waals surface area contributed by atoms with Crippen molar-refractivity contribution in [2.75, 3.05) is 20.3 Å². The minimum Gasteiger partial charge on any atom is -0.411 e. The maximum Gasteiger partial charge on any atom is 0.160 e. The molecule has 5 nitrogen and oxygen atoms in total. The first-order valence-corrected chi connectivity index (χ1v) is 10.4. The van der Waals surface area contributed by atoms with Gasteiger partial charge in [0, 0.05) is 49.2 Å². The Bertz CT molecular complexity index is 853. The van der Waals surface area contributed by atoms with Gasteiger partial charge in [-0.2, -0.15) is 0 Å². The Morgan fingerprint density at radius 3 is 2.63 bits per heavy atom. The quantitative estimate of drug-likeness (QED) is 0.319. The monoisotopic (exact) mass is 405 g/mol. The summed E-state index contributed by atoms with van der Waals surface area (Å²) in [6.45, 7) is 4.62. The Morgan fingerprint density at radius 1 is 1.26 bits per heavy atom. The molecule has 1 aliphatic rings. The van der Waals surface area contributed by atoms with Gasteiger partial charge in [0.1, 0.15) is 0 Å². The number of thiophene rings is 1. The summed E-state index contributed by atoms with van der Waals surface area (Å²) in [6, 6.07) is 7.81. The summed E-state index contributed by atoms with van der Waals surface area (Å²) in [4.78, 5) is 13.0. The number of hydrogen-bond acceptors (Lipinski definition) is 7. The number of ketones is 1. The number of carbonyl (C=O) groups excluding carboxylic acids is 1. The van der Waals surface area contributed by atoms with Gasteiger partial charge in [0.25, 0.3) is 0 Å². The van der Waals surface area contributed by atoms with Crippen LogP contribution in [0.2, 0.25) is 0 Å². The summed E-state index contributed by atoms with van der Waals surface area (Å²) >= 11 is 3.29. The minimum absolute atomic E-state index is 0.0529. The molecule has 1 aliphatic heterocycles. The van der Waals surface area contributed by atoms with Crippen molar-refractivity contribution in [1.29, 1.82) is 0 Å². The molecule has 1 saturated heterocycles. The predicted octanol–water partition coefficient (Wildman–Crippen LogP) is 4.95. The fourth-order valence-corrected chi connectivity index (χ4v) is 5.36. The maximum atomic E-state index is 12.0. The lowest BCUT2D eigenvalue weighted by atomic mass is 9.88. The van der Waals surface area contributed by atoms with Crippen molar-refractivity contribution >= 4 is 34.6 Å². The van der Waals surface area contributed by atoms with E-state index in [1.54, 1.807) is 37.1 Å². The van der Waals surface area contributed by atoms with Gasteiger partial charge in [0.05, 0.1) is 15.5 Å². The molecular formula is C20H23NO4S2. The summed E-state index contributed by atoms with van der Waals surface area (Å²) in [5, 5.41) is 14.4. The van der Waals surface area contributed by atoms with Crippen LogP contribution in [0, 0.1) is 0 Å². The lowest BCUT2D eigenvalue weighted by Gasteiger charge is -2.35. The topological polar surface area (TPSA) is 68.1 Å². The van der Waals surface area contributed by atoms with E-state index >= 15 is 0 Å². The van der Waals surface area contributed by atoms with Crippen molar-refractivity contribution < 1.29 is 19.5 Å². The van der Waals surface area contributed by atoms with Gasteiger partial charge in [-0.25, -0.2) is 0 Å². The molecular weight excluding hydrogens is 382 g/mol. The van der Waals surface area contributed by atoms with Crippen LogP contribution in [0.15, 0.2) is 43.9 Å². The molecule has 0 unspecified atom stereocenters. The third-order valence-corrected chi connectivity index (χ3v) is 6.99. The Morgan fingerprint density at radius 2 is 2.00 bits per heavy atom. The second-order valence-corrected chi connectivity index (χ2v) is 8.80. The summed E-state index contributed by atoms with van der Waals surface area (Å²) in [7, 11) is 1.76. The molecule has 0 saturated carbocycles. The number of carbonyl (C=O) groups is 1. The highest BCUT2D eigenvalue weighted by Gasteiger charge is 2.35. The van der Waals surface area contributed by atoms with E-state index in [1.165, 1.54) is 12.5 Å². The molecule has 0 atom stereocenters. The zero-order valence-electron chi connectivity index (χ0n) is 15.7. The van der Waals surface area contributed by atoms with Crippen LogP contribution >= 0.6 is 23.1 Å². The molecule has 1 aromatic carbocycles. The summed E-state index contributed by atoms with van der Waals surface area (Å²) in [6.07, 6.45) is 1.71. The van der Waals surface area contributed by atoms with E-state index in [0.717, 1.165) is 21.9 Å². The number of methoxy groups -OCH3 is 1. The van der Waals surface area contributed by atoms with E-state index in [4.69, 9.17) is 14.7 Å². The van der Waals surface area contributed by atoms with E-state index in [1.807, 2.05) is 18.2 Å². The van der Waals surface area contributed by atoms with Crippen LogP contribution in [0.4, 0.5) is 0 Å². The van der Waals surface area contributed by atoms with Crippen LogP contribution in [-0.4, -0.2) is 37.0 Å². The van der Waals surface area contributed by atoms with Gasteiger partial charge in [0.15, 0.2) is 5.78 Å². The highest BCUT2D eigenvalue weighted by Crippen LogP contribution is 2.41. The van der Waals surface area contributed by atoms with Gasteiger partial charge in [-0.3, -0.25) is 4.79 Å². The van der Waals surface area contributed by atoms with Crippen LogP contribution in [0.5, 0.6) is 0 Å². The first-order valence-electron chi connectivity index (χ1n) is 8.73. The SMILES string of the molecule is COC1(c2csc(Sc3ccc(/C(C)=N/O)c(C(C)=O)c3)c2)CCOCC1. The molecule has 27 heavy (non-hydrogen) atoms. The van der Waals surface area contributed by atoms with Gasteiger partial charge in [-0.05, 0) is 43.0 Å². The lowest BCUT2D eigenvalue weighted by Crippen LogP contribution is -2.35. The van der Waals surface area contributed by atoms with E-state index in [-0.39, 0.29) is 11.4 Å². The molecule has 0 radical (unpaired) electrons. The zero-order valence-corrected chi connectivity index (χ0v) is 17.3. The van der Waals surface area contributed by atoms with Crippen LogP contribution < -0.4 is 0 Å². The zero-order chi connectivity index (χ0) is 19.4. The molecule has 0 aliphatic carbocycles. The largest absolute Gasteiger partial charge is 0.411 e. The molecule has 1 N–H and O–H groups in total. The summed E-state index contributed by atoms with van der Waals surface area (Å²) < 4.78 is 12.5. The maximum absolute atomic E-state index is 12.0. The third kappa shape index (κ3) is 4.27. The van der Waals surface area contributed by atoms with Crippen molar-refractivity contribution in [1.82, 2.24) is 0 Å². The van der Waals surface area contributed by atoms with Crippen LogP contribution in [0.1, 0.15) is 48.2 Å². The smallest absolute Gasteiger partial charge is 0.160 e. The standard InChI is InChI=1S/C20H23NO4S2/c1-13(21-23)17-5-4-16(11-18(17)14(2)22)27-19-10-15(12-26-19)20(24-3)6-8-25-9-7-20/h4-5,10-12,23H,6-9H2,1-3H3/b21-13+. The number of hydrogen-bond donors (Lipinski definition) is 1. The molecule has 1 aromatic heterocycles. The minimum atomic E-state index is -0.267. The molecule has 0 spiro atoms. The van der Waals surface area contributed by atoms with Gasteiger partial charge in [0.2, 0.25) is 0 Å². The molecule has 0 amide bonds. The summed E-state index contributed by atoms with van der Waals surface area (Å²) in [5.41, 5.74) is 2.56. The number of rotatable bonds is 6. The molecule has 2 heterocycles. The van der Waals surface area contributed by atoms with Crippen molar-refractivity contribution in [3.8, 4) is 0 Å². The molecule has 3 rings (SSSR count). The number of nitrogens with zero attached hydrogens (tertiary/aromatic N) is 1. The molecule has 144 valence electrons. The Kier molecular flexibility index (Phi) is 6.37. The van der Waals surface area contributed by atoms with Gasteiger partial charge in [-0.1, -0.05) is 23.0 Å². The van der Waals surface area contributed by atoms with Crippen molar-refractivity contribution in [3.05, 3.63) is 46.3 Å². The van der Waals surface area contributed by atoms with Gasteiger partial charge < -0.3 is 14.7 Å². The Labute approximate surface area is 167 Å². The Balaban J connectivity index is 1.85. The van der Waals surface area contributed by atoms with Crippen molar-refractivity contribution in [2.45, 2.75) is 41.4 Å². The van der Waals surface area contributed by atoms with Gasteiger partial charge >= 0.3 is 0 Å². The van der Waals surface area contributed by atoms with Crippen molar-refractivity contribution in [3.63, 3.8) is 0 Å². The van der Waals surface area contributed by atoms with Crippen molar-refractivity contribution in [2.24, 2.45) is 5.16 Å². The Hall–Kier alpha value is -1.67. The first kappa shape index (κ1) is 20.1. The molecule has 7 heteroatoms. The lowest BCUT2D eigenvalue weighted by molar-refractivity contribution is -0.0946. The average Bonchev–Trinajstić information content (AvgIpc) is 3.17. The fraction of sp³-hybridized carbons (Fsp3) is 0.400. The van der Waals surface area contributed by atoms with Gasteiger partial charge in [-0.15, -0.1) is 11.3 Å². The van der Waals surface area contributed by atoms with E-state index < -0.39 is 0 Å². The number of benzene rings is 1.